The molecule has 0 saturated heterocycles. The number of hydrogen-bond acceptors (Lipinski definition) is 5. The van der Waals surface area contributed by atoms with Crippen molar-refractivity contribution in [2.24, 2.45) is 5.73 Å². The summed E-state index contributed by atoms with van der Waals surface area (Å²) >= 11 is 0. The minimum Gasteiger partial charge on any atom is -0.434 e. The molecule has 0 fully saturated rings. The Morgan fingerprint density at radius 1 is 1.38 bits per heavy atom. The predicted octanol–water partition coefficient (Wildman–Crippen LogP) is 0.944. The molecule has 0 radical (unpaired) electrons. The second-order valence-electron chi connectivity index (χ2n) is 3.15. The van der Waals surface area contributed by atoms with Crippen molar-refractivity contribution in [2.75, 3.05) is 0 Å². The molecule has 2 N–H and O–H groups in total. The number of aromatic nitrogens is 4. The van der Waals surface area contributed by atoms with E-state index in [-0.39, 0.29) is 0 Å². The Balaban J connectivity index is 2.19. The summed E-state index contributed by atoms with van der Waals surface area (Å²) in [6, 6.07) is 0. The average molecular weight is 219 g/mol. The summed E-state index contributed by atoms with van der Waals surface area (Å²) in [5.74, 6) is 1.07. The van der Waals surface area contributed by atoms with Gasteiger partial charge in [-0.3, -0.25) is 9.67 Å². The summed E-state index contributed by atoms with van der Waals surface area (Å²) in [4.78, 5) is 8.16. The van der Waals surface area contributed by atoms with E-state index in [0.29, 0.717) is 23.9 Å². The molecular weight excluding hydrogens is 206 g/mol. The van der Waals surface area contributed by atoms with Crippen molar-refractivity contribution in [3.63, 3.8) is 0 Å². The highest BCUT2D eigenvalue weighted by Gasteiger charge is 2.07. The van der Waals surface area contributed by atoms with Crippen LogP contribution in [0, 0.1) is 0 Å². The second-order valence-corrected chi connectivity index (χ2v) is 3.15. The van der Waals surface area contributed by atoms with Gasteiger partial charge in [-0.1, -0.05) is 0 Å². The normalized spacial score (nSPS) is 10.4. The molecule has 0 amide bonds. The minimum absolute atomic E-state index is 0.297. The Labute approximate surface area is 93.1 Å². The Morgan fingerprint density at radius 3 is 2.88 bits per heavy atom. The van der Waals surface area contributed by atoms with Gasteiger partial charge in [0.05, 0.1) is 12.4 Å². The molecule has 0 atom stereocenters. The van der Waals surface area contributed by atoms with Gasteiger partial charge < -0.3 is 10.5 Å². The van der Waals surface area contributed by atoms with E-state index in [2.05, 4.69) is 15.1 Å². The topological polar surface area (TPSA) is 78.8 Å². The quantitative estimate of drug-likeness (QED) is 0.828. The maximum atomic E-state index is 5.55. The van der Waals surface area contributed by atoms with Crippen molar-refractivity contribution in [3.05, 3.63) is 30.5 Å². The van der Waals surface area contributed by atoms with E-state index in [0.717, 1.165) is 6.54 Å². The van der Waals surface area contributed by atoms with Crippen LogP contribution in [0.3, 0.4) is 0 Å². The number of hydrogen-bond donors (Lipinski definition) is 1. The molecule has 6 nitrogen and oxygen atoms in total. The smallest absolute Gasteiger partial charge is 0.242 e. The van der Waals surface area contributed by atoms with Gasteiger partial charge in [-0.05, 0) is 6.92 Å². The fraction of sp³-hybridized carbons (Fsp3) is 0.300. The molecule has 0 saturated carbocycles. The van der Waals surface area contributed by atoms with Crippen LogP contribution in [-0.4, -0.2) is 19.7 Å². The molecule has 0 aromatic carbocycles. The van der Waals surface area contributed by atoms with Crippen LogP contribution in [0.25, 0.3) is 0 Å². The number of nitrogens with zero attached hydrogens (tertiary/aromatic N) is 4. The van der Waals surface area contributed by atoms with Crippen molar-refractivity contribution in [1.82, 2.24) is 19.7 Å². The lowest BCUT2D eigenvalue weighted by molar-refractivity contribution is 0.451. The van der Waals surface area contributed by atoms with Gasteiger partial charge in [-0.2, -0.15) is 5.10 Å². The molecule has 2 aromatic rings. The zero-order valence-corrected chi connectivity index (χ0v) is 9.00. The maximum Gasteiger partial charge on any atom is 0.242 e. The molecule has 6 heteroatoms. The summed E-state index contributed by atoms with van der Waals surface area (Å²) < 4.78 is 7.32. The highest BCUT2D eigenvalue weighted by molar-refractivity contribution is 5.24. The van der Waals surface area contributed by atoms with E-state index in [4.69, 9.17) is 10.5 Å². The molecule has 0 aliphatic heterocycles. The van der Waals surface area contributed by atoms with E-state index in [1.165, 1.54) is 0 Å². The highest BCUT2D eigenvalue weighted by atomic mass is 16.5. The van der Waals surface area contributed by atoms with Gasteiger partial charge in [-0.25, -0.2) is 4.98 Å². The third-order valence-corrected chi connectivity index (χ3v) is 2.08. The third-order valence-electron chi connectivity index (χ3n) is 2.08. The number of aryl methyl sites for hydroxylation is 1. The lowest BCUT2D eigenvalue weighted by atomic mass is 10.4. The van der Waals surface area contributed by atoms with Crippen molar-refractivity contribution in [1.29, 1.82) is 0 Å². The van der Waals surface area contributed by atoms with Gasteiger partial charge in [0.1, 0.15) is 5.69 Å². The number of ether oxygens (including phenoxy) is 1. The molecular formula is C10H13N5O. The van der Waals surface area contributed by atoms with E-state index in [1.807, 2.05) is 6.92 Å². The van der Waals surface area contributed by atoms with Crippen LogP contribution in [0.5, 0.6) is 11.6 Å². The van der Waals surface area contributed by atoms with Crippen LogP contribution in [0.1, 0.15) is 12.6 Å². The van der Waals surface area contributed by atoms with Gasteiger partial charge >= 0.3 is 0 Å². The van der Waals surface area contributed by atoms with E-state index in [1.54, 1.807) is 29.5 Å². The standard InChI is InChI=1S/C10H13N5O/c1-2-15-7-8(6-14-15)16-10-9(5-11)12-3-4-13-10/h3-4,6-7H,2,5,11H2,1H3. The zero-order valence-electron chi connectivity index (χ0n) is 9.00. The molecule has 0 spiro atoms. The predicted molar refractivity (Wildman–Crippen MR) is 57.9 cm³/mol. The fourth-order valence-corrected chi connectivity index (χ4v) is 1.26. The van der Waals surface area contributed by atoms with Gasteiger partial charge in [0.15, 0.2) is 5.75 Å². The maximum absolute atomic E-state index is 5.55. The van der Waals surface area contributed by atoms with Crippen LogP contribution in [-0.2, 0) is 13.1 Å². The first-order valence-electron chi connectivity index (χ1n) is 5.03. The molecule has 2 aromatic heterocycles. The molecule has 0 aliphatic carbocycles. The molecule has 0 unspecified atom stereocenters. The summed E-state index contributed by atoms with van der Waals surface area (Å²) in [6.45, 7) is 3.10. The van der Waals surface area contributed by atoms with Crippen molar-refractivity contribution >= 4 is 0 Å². The molecule has 0 aliphatic rings. The highest BCUT2D eigenvalue weighted by Crippen LogP contribution is 2.20. The Kier molecular flexibility index (Phi) is 3.11. The van der Waals surface area contributed by atoms with Gasteiger partial charge in [-0.15, -0.1) is 0 Å². The third kappa shape index (κ3) is 2.17. The average Bonchev–Trinajstić information content (AvgIpc) is 2.77. The van der Waals surface area contributed by atoms with E-state index < -0.39 is 0 Å². The van der Waals surface area contributed by atoms with Crippen LogP contribution < -0.4 is 10.5 Å². The minimum atomic E-state index is 0.297. The van der Waals surface area contributed by atoms with Gasteiger partial charge in [0.2, 0.25) is 5.88 Å². The first kappa shape index (κ1) is 10.6. The molecule has 84 valence electrons. The summed E-state index contributed by atoms with van der Waals surface area (Å²) in [5, 5.41) is 4.10. The Hall–Kier alpha value is -1.95. The first-order chi connectivity index (χ1) is 7.83. The van der Waals surface area contributed by atoms with Gasteiger partial charge in [0.25, 0.3) is 0 Å². The van der Waals surface area contributed by atoms with Crippen LogP contribution >= 0.6 is 0 Å². The monoisotopic (exact) mass is 219 g/mol. The van der Waals surface area contributed by atoms with Crippen molar-refractivity contribution in [3.8, 4) is 11.6 Å². The second kappa shape index (κ2) is 4.71. The van der Waals surface area contributed by atoms with E-state index in [9.17, 15) is 0 Å². The zero-order chi connectivity index (χ0) is 11.4. The van der Waals surface area contributed by atoms with Crippen LogP contribution in [0.4, 0.5) is 0 Å². The SMILES string of the molecule is CCn1cc(Oc2nccnc2CN)cn1. The van der Waals surface area contributed by atoms with Gasteiger partial charge in [0, 0.05) is 25.5 Å². The Morgan fingerprint density at radius 2 is 2.19 bits per heavy atom. The molecule has 2 heterocycles. The van der Waals surface area contributed by atoms with Crippen molar-refractivity contribution < 1.29 is 4.74 Å². The molecule has 0 bridgehead atoms. The number of rotatable bonds is 4. The summed E-state index contributed by atoms with van der Waals surface area (Å²) in [5.41, 5.74) is 6.16. The molecule has 2 rings (SSSR count). The fourth-order valence-electron chi connectivity index (χ4n) is 1.26. The largest absolute Gasteiger partial charge is 0.434 e. The van der Waals surface area contributed by atoms with Crippen LogP contribution in [0.2, 0.25) is 0 Å². The summed E-state index contributed by atoms with van der Waals surface area (Å²) in [6.07, 6.45) is 6.59. The number of nitrogens with two attached hydrogens (primary N) is 1. The van der Waals surface area contributed by atoms with Crippen molar-refractivity contribution in [2.45, 2.75) is 20.0 Å². The van der Waals surface area contributed by atoms with Crippen LogP contribution in [0.15, 0.2) is 24.8 Å². The lowest BCUT2D eigenvalue weighted by Crippen LogP contribution is -2.03. The molecule has 16 heavy (non-hydrogen) atoms. The first-order valence-corrected chi connectivity index (χ1v) is 5.03. The van der Waals surface area contributed by atoms with E-state index >= 15 is 0 Å². The lowest BCUT2D eigenvalue weighted by Gasteiger charge is -2.04. The Bertz CT molecular complexity index is 468. The summed E-state index contributed by atoms with van der Waals surface area (Å²) in [7, 11) is 0.